The lowest BCUT2D eigenvalue weighted by atomic mass is 10.0. The normalized spacial score (nSPS) is 9.08. The van der Waals surface area contributed by atoms with Crippen LogP contribution in [0.25, 0.3) is 4.85 Å². The minimum absolute atomic E-state index is 0.0120. The first-order valence-corrected chi connectivity index (χ1v) is 3.65. The number of nitrogens with zero attached hydrogens (tertiary/aromatic N) is 1. The molecule has 12 heavy (non-hydrogen) atoms. The first kappa shape index (κ1) is 8.48. The van der Waals surface area contributed by atoms with Gasteiger partial charge in [0.25, 0.3) is 0 Å². The molecule has 0 aliphatic heterocycles. The van der Waals surface area contributed by atoms with Crippen LogP contribution in [-0.2, 0) is 0 Å². The van der Waals surface area contributed by atoms with Crippen LogP contribution in [0.15, 0.2) is 18.2 Å². The Morgan fingerprint density at radius 2 is 2.17 bits per heavy atom. The van der Waals surface area contributed by atoms with Crippen LogP contribution in [0.4, 0.5) is 5.69 Å². The van der Waals surface area contributed by atoms with Crippen molar-refractivity contribution in [1.82, 2.24) is 0 Å². The quantitative estimate of drug-likeness (QED) is 0.456. The molecule has 0 atom stereocenters. The summed E-state index contributed by atoms with van der Waals surface area (Å²) in [4.78, 5) is 14.3. The van der Waals surface area contributed by atoms with E-state index in [4.69, 9.17) is 6.57 Å². The van der Waals surface area contributed by atoms with E-state index in [9.17, 15) is 4.79 Å². The molecule has 0 bridgehead atoms. The average Bonchev–Trinajstić information content (AvgIpc) is 2.04. The van der Waals surface area contributed by atoms with E-state index >= 15 is 0 Å². The molecule has 0 saturated carbocycles. The van der Waals surface area contributed by atoms with Crippen LogP contribution < -0.4 is 0 Å². The monoisotopic (exact) mass is 159 g/mol. The highest BCUT2D eigenvalue weighted by Gasteiger charge is 2.05. The van der Waals surface area contributed by atoms with E-state index in [2.05, 4.69) is 4.85 Å². The van der Waals surface area contributed by atoms with Crippen molar-refractivity contribution in [3.8, 4) is 0 Å². The average molecular weight is 159 g/mol. The van der Waals surface area contributed by atoms with E-state index < -0.39 is 0 Å². The Labute approximate surface area is 71.7 Å². The summed E-state index contributed by atoms with van der Waals surface area (Å²) in [5.74, 6) is 0.0120. The summed E-state index contributed by atoms with van der Waals surface area (Å²) in [5, 5.41) is 0. The number of hydrogen-bond acceptors (Lipinski definition) is 1. The van der Waals surface area contributed by atoms with E-state index in [1.165, 1.54) is 6.92 Å². The number of benzene rings is 1. The van der Waals surface area contributed by atoms with Gasteiger partial charge < -0.3 is 0 Å². The van der Waals surface area contributed by atoms with Gasteiger partial charge in [0.15, 0.2) is 11.5 Å². The first-order chi connectivity index (χ1) is 5.66. The Kier molecular flexibility index (Phi) is 2.25. The summed E-state index contributed by atoms with van der Waals surface area (Å²) in [5.41, 5.74) is 1.98. The number of carbonyl (C=O) groups is 1. The molecule has 0 heterocycles. The molecule has 1 rings (SSSR count). The van der Waals surface area contributed by atoms with Crippen molar-refractivity contribution in [2.75, 3.05) is 0 Å². The molecule has 0 N–H and O–H groups in total. The number of hydrogen-bond donors (Lipinski definition) is 0. The molecule has 1 aromatic rings. The van der Waals surface area contributed by atoms with Gasteiger partial charge in [-0.3, -0.25) is 4.79 Å². The maximum absolute atomic E-state index is 11.0. The Morgan fingerprint density at radius 3 is 2.67 bits per heavy atom. The second kappa shape index (κ2) is 3.19. The van der Waals surface area contributed by atoms with Crippen LogP contribution in [0.3, 0.4) is 0 Å². The highest BCUT2D eigenvalue weighted by Crippen LogP contribution is 2.21. The zero-order chi connectivity index (χ0) is 9.14. The van der Waals surface area contributed by atoms with E-state index in [0.29, 0.717) is 11.3 Å². The predicted octanol–water partition coefficient (Wildman–Crippen LogP) is 2.75. The molecule has 60 valence electrons. The summed E-state index contributed by atoms with van der Waals surface area (Å²) in [7, 11) is 0. The Hall–Kier alpha value is -1.62. The van der Waals surface area contributed by atoms with Crippen molar-refractivity contribution in [3.05, 3.63) is 40.7 Å². The summed E-state index contributed by atoms with van der Waals surface area (Å²) >= 11 is 0. The summed E-state index contributed by atoms with van der Waals surface area (Å²) in [6, 6.07) is 5.19. The molecule has 0 amide bonds. The Morgan fingerprint density at radius 1 is 1.50 bits per heavy atom. The molecule has 0 saturated heterocycles. The fraction of sp³-hybridized carbons (Fsp3) is 0.200. The van der Waals surface area contributed by atoms with Gasteiger partial charge in [-0.25, -0.2) is 4.85 Å². The number of Topliss-reactive ketones (excluding diaryl/α,β-unsaturated/α-hetero) is 1. The van der Waals surface area contributed by atoms with Gasteiger partial charge >= 0.3 is 0 Å². The molecular formula is C10H9NO. The largest absolute Gasteiger partial charge is 0.295 e. The Bertz CT molecular complexity index is 361. The number of ketones is 1. The second-order valence-electron chi connectivity index (χ2n) is 2.62. The number of carbonyl (C=O) groups excluding carboxylic acids is 1. The molecule has 0 radical (unpaired) electrons. The van der Waals surface area contributed by atoms with E-state index in [-0.39, 0.29) is 5.78 Å². The van der Waals surface area contributed by atoms with Gasteiger partial charge in [-0.1, -0.05) is 18.2 Å². The zero-order valence-electron chi connectivity index (χ0n) is 7.09. The summed E-state index contributed by atoms with van der Waals surface area (Å²) in [6.45, 7) is 10.1. The molecular weight excluding hydrogens is 150 g/mol. The number of rotatable bonds is 1. The van der Waals surface area contributed by atoms with Gasteiger partial charge in [0.05, 0.1) is 6.57 Å². The smallest absolute Gasteiger partial charge is 0.190 e. The van der Waals surface area contributed by atoms with E-state index in [1.807, 2.05) is 0 Å². The molecule has 0 fully saturated rings. The Balaban J connectivity index is 3.35. The summed E-state index contributed by atoms with van der Waals surface area (Å²) < 4.78 is 0. The lowest BCUT2D eigenvalue weighted by Crippen LogP contribution is -1.94. The topological polar surface area (TPSA) is 21.4 Å². The third-order valence-electron chi connectivity index (χ3n) is 1.80. The SMILES string of the molecule is [C-]#[N+]c1cccc(C(C)=O)c1C. The zero-order valence-corrected chi connectivity index (χ0v) is 7.09. The minimum atomic E-state index is 0.0120. The van der Waals surface area contributed by atoms with Gasteiger partial charge in [-0.15, -0.1) is 0 Å². The van der Waals surface area contributed by atoms with E-state index in [1.54, 1.807) is 25.1 Å². The van der Waals surface area contributed by atoms with Crippen molar-refractivity contribution in [1.29, 1.82) is 0 Å². The fourth-order valence-electron chi connectivity index (χ4n) is 1.13. The molecule has 0 unspecified atom stereocenters. The maximum atomic E-state index is 11.0. The minimum Gasteiger partial charge on any atom is -0.295 e. The third kappa shape index (κ3) is 1.35. The highest BCUT2D eigenvalue weighted by molar-refractivity contribution is 5.96. The van der Waals surface area contributed by atoms with Crippen molar-refractivity contribution >= 4 is 11.5 Å². The van der Waals surface area contributed by atoms with Gasteiger partial charge in [0.1, 0.15) is 0 Å². The molecule has 0 aliphatic rings. The van der Waals surface area contributed by atoms with Crippen molar-refractivity contribution < 1.29 is 4.79 Å². The molecule has 0 aromatic heterocycles. The molecule has 0 aliphatic carbocycles. The van der Waals surface area contributed by atoms with Gasteiger partial charge in [-0.05, 0) is 19.4 Å². The van der Waals surface area contributed by atoms with E-state index in [0.717, 1.165) is 5.56 Å². The lowest BCUT2D eigenvalue weighted by Gasteiger charge is -2.01. The highest BCUT2D eigenvalue weighted by atomic mass is 16.1. The van der Waals surface area contributed by atoms with Crippen LogP contribution in [-0.4, -0.2) is 5.78 Å². The fourth-order valence-corrected chi connectivity index (χ4v) is 1.13. The predicted molar refractivity (Wildman–Crippen MR) is 47.4 cm³/mol. The third-order valence-corrected chi connectivity index (χ3v) is 1.80. The molecule has 2 heteroatoms. The lowest BCUT2D eigenvalue weighted by molar-refractivity contribution is 0.101. The maximum Gasteiger partial charge on any atom is 0.190 e. The van der Waals surface area contributed by atoms with Gasteiger partial charge in [0.2, 0.25) is 0 Å². The van der Waals surface area contributed by atoms with Gasteiger partial charge in [-0.2, -0.15) is 0 Å². The van der Waals surface area contributed by atoms with Gasteiger partial charge in [0, 0.05) is 5.56 Å². The van der Waals surface area contributed by atoms with Crippen LogP contribution >= 0.6 is 0 Å². The van der Waals surface area contributed by atoms with Crippen molar-refractivity contribution in [3.63, 3.8) is 0 Å². The molecule has 1 aromatic carbocycles. The molecule has 2 nitrogen and oxygen atoms in total. The van der Waals surface area contributed by atoms with Crippen LogP contribution in [0, 0.1) is 13.5 Å². The summed E-state index contributed by atoms with van der Waals surface area (Å²) in [6.07, 6.45) is 0. The van der Waals surface area contributed by atoms with Crippen LogP contribution in [0.1, 0.15) is 22.8 Å². The van der Waals surface area contributed by atoms with Crippen molar-refractivity contribution in [2.24, 2.45) is 0 Å². The molecule has 0 spiro atoms. The van der Waals surface area contributed by atoms with Crippen molar-refractivity contribution in [2.45, 2.75) is 13.8 Å². The van der Waals surface area contributed by atoms with Crippen LogP contribution in [0.2, 0.25) is 0 Å². The second-order valence-corrected chi connectivity index (χ2v) is 2.62. The first-order valence-electron chi connectivity index (χ1n) is 3.65. The standard InChI is InChI=1S/C10H9NO/c1-7-9(8(2)12)5-4-6-10(7)11-3/h4-6H,1-2H3. The van der Waals surface area contributed by atoms with Crippen LogP contribution in [0.5, 0.6) is 0 Å².